The van der Waals surface area contributed by atoms with Crippen molar-refractivity contribution in [2.75, 3.05) is 20.3 Å². The number of carbonyl (C=O) groups is 2. The van der Waals surface area contributed by atoms with Crippen LogP contribution in [0.25, 0.3) is 11.2 Å². The van der Waals surface area contributed by atoms with Gasteiger partial charge in [0.15, 0.2) is 17.8 Å². The maximum absolute atomic E-state index is 13.4. The second-order valence-electron chi connectivity index (χ2n) is 9.44. The number of amides is 1. The fourth-order valence-electron chi connectivity index (χ4n) is 4.95. The molecule has 37 heavy (non-hydrogen) atoms. The number of piperidine rings is 1. The van der Waals surface area contributed by atoms with Gasteiger partial charge < -0.3 is 18.9 Å². The number of carbonyl (C=O) groups excluding carboxylic acids is 2. The number of fused-ring (bicyclic) bond motifs is 1. The number of imidazole rings is 1. The topological polar surface area (TPSA) is 118 Å². The molecule has 0 unspecified atom stereocenters. The molecule has 1 fully saturated rings. The standard InChI is InChI=1S/C26H33N5O6/c1-18-8-7-9-19(2)31(18)21(32)16-37-22(33)15-30-25(34)23-24(27-17-28(23)12-13-36-3)29(26(30)35)14-20-10-5-4-6-11-20/h4-6,10-11,17-19H,7-9,12-16H2,1-3H3/t18-,19-/m0/s1. The van der Waals surface area contributed by atoms with Gasteiger partial charge in [0.1, 0.15) is 6.54 Å². The summed E-state index contributed by atoms with van der Waals surface area (Å²) in [5, 5.41) is 0. The lowest BCUT2D eigenvalue weighted by Gasteiger charge is -2.38. The zero-order valence-electron chi connectivity index (χ0n) is 21.5. The van der Waals surface area contributed by atoms with E-state index < -0.39 is 30.4 Å². The Morgan fingerprint density at radius 1 is 1.05 bits per heavy atom. The van der Waals surface area contributed by atoms with Crippen LogP contribution in [0.3, 0.4) is 0 Å². The summed E-state index contributed by atoms with van der Waals surface area (Å²) in [7, 11) is 1.55. The van der Waals surface area contributed by atoms with Crippen molar-refractivity contribution in [2.24, 2.45) is 0 Å². The third kappa shape index (κ3) is 5.66. The first-order valence-electron chi connectivity index (χ1n) is 12.5. The molecule has 2 atom stereocenters. The van der Waals surface area contributed by atoms with Crippen molar-refractivity contribution >= 4 is 23.0 Å². The number of nitrogens with zero attached hydrogens (tertiary/aromatic N) is 5. The van der Waals surface area contributed by atoms with Crippen LogP contribution in [-0.2, 0) is 38.7 Å². The molecule has 0 saturated carbocycles. The molecule has 198 valence electrons. The smallest absolute Gasteiger partial charge is 0.333 e. The minimum Gasteiger partial charge on any atom is -0.454 e. The summed E-state index contributed by atoms with van der Waals surface area (Å²) in [5.41, 5.74) is -0.0879. The summed E-state index contributed by atoms with van der Waals surface area (Å²) in [6.07, 6.45) is 4.33. The Balaban J connectivity index is 1.61. The number of aromatic nitrogens is 4. The number of likely N-dealkylation sites (tertiary alicyclic amines) is 1. The van der Waals surface area contributed by atoms with Crippen molar-refractivity contribution in [1.29, 1.82) is 0 Å². The van der Waals surface area contributed by atoms with Crippen LogP contribution in [0.2, 0.25) is 0 Å². The lowest BCUT2D eigenvalue weighted by atomic mass is 9.97. The first kappa shape index (κ1) is 26.3. The number of hydrogen-bond acceptors (Lipinski definition) is 7. The van der Waals surface area contributed by atoms with Gasteiger partial charge in [-0.15, -0.1) is 0 Å². The van der Waals surface area contributed by atoms with Gasteiger partial charge in [-0.25, -0.2) is 14.3 Å². The molecule has 1 aromatic carbocycles. The van der Waals surface area contributed by atoms with Crippen molar-refractivity contribution in [1.82, 2.24) is 23.6 Å². The zero-order chi connectivity index (χ0) is 26.5. The van der Waals surface area contributed by atoms with E-state index in [-0.39, 0.29) is 35.7 Å². The van der Waals surface area contributed by atoms with Crippen molar-refractivity contribution in [2.45, 2.75) is 64.8 Å². The van der Waals surface area contributed by atoms with Crippen LogP contribution in [0.15, 0.2) is 46.2 Å². The van der Waals surface area contributed by atoms with E-state index in [4.69, 9.17) is 9.47 Å². The Morgan fingerprint density at radius 2 is 1.76 bits per heavy atom. The zero-order valence-corrected chi connectivity index (χ0v) is 21.5. The summed E-state index contributed by atoms with van der Waals surface area (Å²) in [5.74, 6) is -1.12. The number of rotatable bonds is 9. The van der Waals surface area contributed by atoms with Gasteiger partial charge in [0.05, 0.1) is 19.5 Å². The van der Waals surface area contributed by atoms with Crippen LogP contribution in [0.1, 0.15) is 38.7 Å². The van der Waals surface area contributed by atoms with Crippen LogP contribution >= 0.6 is 0 Å². The Hall–Kier alpha value is -3.73. The maximum atomic E-state index is 13.4. The minimum absolute atomic E-state index is 0.0672. The number of methoxy groups -OCH3 is 1. The molecule has 1 amide bonds. The minimum atomic E-state index is -0.835. The summed E-state index contributed by atoms with van der Waals surface area (Å²) in [6, 6.07) is 9.42. The highest BCUT2D eigenvalue weighted by Gasteiger charge is 2.29. The lowest BCUT2D eigenvalue weighted by Crippen LogP contribution is -2.49. The van der Waals surface area contributed by atoms with E-state index in [1.807, 2.05) is 44.2 Å². The van der Waals surface area contributed by atoms with Gasteiger partial charge >= 0.3 is 11.7 Å². The predicted molar refractivity (Wildman–Crippen MR) is 136 cm³/mol. The molecule has 2 aromatic heterocycles. The number of hydrogen-bond donors (Lipinski definition) is 0. The van der Waals surface area contributed by atoms with Crippen molar-refractivity contribution in [3.8, 4) is 0 Å². The molecule has 1 saturated heterocycles. The van der Waals surface area contributed by atoms with Crippen LogP contribution in [-0.4, -0.2) is 67.9 Å². The first-order valence-corrected chi connectivity index (χ1v) is 12.5. The van der Waals surface area contributed by atoms with Gasteiger partial charge in [-0.3, -0.25) is 19.0 Å². The van der Waals surface area contributed by atoms with Gasteiger partial charge in [-0.1, -0.05) is 30.3 Å². The van der Waals surface area contributed by atoms with Gasteiger partial charge in [0.25, 0.3) is 11.5 Å². The van der Waals surface area contributed by atoms with E-state index in [0.29, 0.717) is 13.2 Å². The maximum Gasteiger partial charge on any atom is 0.333 e. The molecule has 11 nitrogen and oxygen atoms in total. The SMILES string of the molecule is COCCn1cnc2c1c(=O)n(CC(=O)OCC(=O)N1[C@@H](C)CCC[C@@H]1C)c(=O)n2Cc1ccccc1. The molecule has 1 aliphatic heterocycles. The molecule has 3 heterocycles. The molecule has 0 radical (unpaired) electrons. The van der Waals surface area contributed by atoms with Gasteiger partial charge in [-0.2, -0.15) is 0 Å². The van der Waals surface area contributed by atoms with Gasteiger partial charge in [0.2, 0.25) is 0 Å². The molecule has 4 rings (SSSR count). The lowest BCUT2D eigenvalue weighted by molar-refractivity contribution is -0.155. The normalized spacial score (nSPS) is 17.8. The molecule has 0 bridgehead atoms. The van der Waals surface area contributed by atoms with E-state index in [1.54, 1.807) is 16.6 Å². The molecule has 0 N–H and O–H groups in total. The Labute approximate surface area is 214 Å². The van der Waals surface area contributed by atoms with Crippen LogP contribution < -0.4 is 11.2 Å². The van der Waals surface area contributed by atoms with Crippen molar-refractivity contribution in [3.63, 3.8) is 0 Å². The average molecular weight is 512 g/mol. The Morgan fingerprint density at radius 3 is 2.43 bits per heavy atom. The second kappa shape index (κ2) is 11.5. The first-order chi connectivity index (χ1) is 17.8. The van der Waals surface area contributed by atoms with E-state index in [2.05, 4.69) is 4.98 Å². The van der Waals surface area contributed by atoms with E-state index in [0.717, 1.165) is 29.4 Å². The Bertz CT molecular complexity index is 1370. The average Bonchev–Trinajstić information content (AvgIpc) is 3.31. The Kier molecular flexibility index (Phi) is 8.22. The third-order valence-electron chi connectivity index (χ3n) is 6.83. The van der Waals surface area contributed by atoms with Crippen molar-refractivity contribution in [3.05, 3.63) is 63.1 Å². The second-order valence-corrected chi connectivity index (χ2v) is 9.44. The molecule has 3 aromatic rings. The third-order valence-corrected chi connectivity index (χ3v) is 6.83. The van der Waals surface area contributed by atoms with Crippen LogP contribution in [0.5, 0.6) is 0 Å². The molecule has 0 aliphatic carbocycles. The van der Waals surface area contributed by atoms with E-state index >= 15 is 0 Å². The van der Waals surface area contributed by atoms with E-state index in [1.165, 1.54) is 10.9 Å². The fourth-order valence-corrected chi connectivity index (χ4v) is 4.95. The summed E-state index contributed by atoms with van der Waals surface area (Å²) >= 11 is 0. The molecule has 1 aliphatic rings. The molecule has 11 heteroatoms. The quantitative estimate of drug-likeness (QED) is 0.399. The fraction of sp³-hybridized carbons (Fsp3) is 0.500. The molecule has 0 spiro atoms. The van der Waals surface area contributed by atoms with Gasteiger partial charge in [-0.05, 0) is 38.7 Å². The van der Waals surface area contributed by atoms with Gasteiger partial charge in [0, 0.05) is 25.7 Å². The molecular weight excluding hydrogens is 478 g/mol. The highest BCUT2D eigenvalue weighted by molar-refractivity contribution is 5.81. The summed E-state index contributed by atoms with van der Waals surface area (Å²) in [4.78, 5) is 58.3. The van der Waals surface area contributed by atoms with Crippen molar-refractivity contribution < 1.29 is 19.1 Å². The predicted octanol–water partition coefficient (Wildman–Crippen LogP) is 1.39. The monoisotopic (exact) mass is 511 g/mol. The highest BCUT2D eigenvalue weighted by Crippen LogP contribution is 2.22. The van der Waals surface area contributed by atoms with Crippen LogP contribution in [0.4, 0.5) is 0 Å². The largest absolute Gasteiger partial charge is 0.454 e. The summed E-state index contributed by atoms with van der Waals surface area (Å²) < 4.78 is 14.2. The number of esters is 1. The van der Waals surface area contributed by atoms with Crippen LogP contribution in [0, 0.1) is 0 Å². The number of ether oxygens (including phenoxy) is 2. The molecular formula is C26H33N5O6. The number of benzene rings is 1. The highest BCUT2D eigenvalue weighted by atomic mass is 16.5. The summed E-state index contributed by atoms with van der Waals surface area (Å²) in [6.45, 7) is 3.75. The van der Waals surface area contributed by atoms with E-state index in [9.17, 15) is 19.2 Å².